The van der Waals surface area contributed by atoms with Crippen molar-refractivity contribution in [2.45, 2.75) is 25.6 Å². The molecule has 0 bridgehead atoms. The van der Waals surface area contributed by atoms with E-state index in [1.54, 1.807) is 12.1 Å². The second kappa shape index (κ2) is 6.77. The average Bonchev–Trinajstić information content (AvgIpc) is 2.33. The zero-order chi connectivity index (χ0) is 14.5. The Morgan fingerprint density at radius 1 is 1.32 bits per heavy atom. The molecule has 0 fully saturated rings. The maximum absolute atomic E-state index is 11.9. The van der Waals surface area contributed by atoms with Crippen molar-refractivity contribution in [1.29, 1.82) is 0 Å². The minimum Gasteiger partial charge on any atom is -0.496 e. The maximum Gasteiger partial charge on any atom is 0.411 e. The molecule has 1 atom stereocenters. The van der Waals surface area contributed by atoms with E-state index in [9.17, 15) is 18.3 Å². The Hall–Kier alpha value is -1.27. The Balaban J connectivity index is 2.53. The van der Waals surface area contributed by atoms with Crippen LogP contribution >= 0.6 is 0 Å². The van der Waals surface area contributed by atoms with E-state index in [0.717, 1.165) is 5.56 Å². The average molecular weight is 278 g/mol. The minimum atomic E-state index is -4.34. The minimum absolute atomic E-state index is 0.0793. The second-order valence-electron chi connectivity index (χ2n) is 4.22. The number of aliphatic hydroxyl groups excluding tert-OH is 1. The van der Waals surface area contributed by atoms with Gasteiger partial charge in [0.2, 0.25) is 0 Å². The number of methoxy groups -OCH3 is 1. The Bertz CT molecular complexity index is 405. The van der Waals surface area contributed by atoms with Gasteiger partial charge in [-0.05, 0) is 19.1 Å². The van der Waals surface area contributed by atoms with Crippen LogP contribution in [0.2, 0.25) is 0 Å². The topological polar surface area (TPSA) is 38.7 Å². The van der Waals surface area contributed by atoms with Crippen LogP contribution in [0.5, 0.6) is 5.75 Å². The van der Waals surface area contributed by atoms with Gasteiger partial charge in [0.25, 0.3) is 0 Å². The molecular weight excluding hydrogens is 261 g/mol. The van der Waals surface area contributed by atoms with Gasteiger partial charge in [-0.3, -0.25) is 0 Å². The first kappa shape index (κ1) is 15.8. The Kier molecular flexibility index (Phi) is 5.62. The van der Waals surface area contributed by atoms with Gasteiger partial charge in [0, 0.05) is 18.6 Å². The number of alkyl halides is 3. The van der Waals surface area contributed by atoms with E-state index < -0.39 is 18.9 Å². The van der Waals surface area contributed by atoms with E-state index in [4.69, 9.17) is 4.74 Å². The highest BCUT2D eigenvalue weighted by molar-refractivity contribution is 5.38. The van der Waals surface area contributed by atoms with Gasteiger partial charge in [0.1, 0.15) is 12.4 Å². The summed E-state index contributed by atoms with van der Waals surface area (Å²) in [6.45, 7) is 0.387. The smallest absolute Gasteiger partial charge is 0.411 e. The van der Waals surface area contributed by atoms with Gasteiger partial charge in [0.15, 0.2) is 0 Å². The van der Waals surface area contributed by atoms with Gasteiger partial charge in [0.05, 0.1) is 13.2 Å². The first-order valence-electron chi connectivity index (χ1n) is 5.80. The van der Waals surface area contributed by atoms with Crippen LogP contribution in [0.4, 0.5) is 13.2 Å². The molecule has 0 aliphatic carbocycles. The first-order valence-corrected chi connectivity index (χ1v) is 5.80. The van der Waals surface area contributed by atoms with E-state index >= 15 is 0 Å². The molecule has 0 aliphatic heterocycles. The summed E-state index contributed by atoms with van der Waals surface area (Å²) >= 11 is 0. The number of aryl methyl sites for hydroxylation is 1. The summed E-state index contributed by atoms with van der Waals surface area (Å²) in [6, 6.07) is 5.28. The second-order valence-corrected chi connectivity index (χ2v) is 4.22. The number of hydrogen-bond donors (Lipinski definition) is 1. The van der Waals surface area contributed by atoms with E-state index in [-0.39, 0.29) is 13.0 Å². The molecule has 0 spiro atoms. The number of halogens is 3. The molecule has 0 heterocycles. The van der Waals surface area contributed by atoms with E-state index in [1.165, 1.54) is 7.11 Å². The zero-order valence-corrected chi connectivity index (χ0v) is 10.8. The van der Waals surface area contributed by atoms with Gasteiger partial charge in [-0.25, -0.2) is 0 Å². The van der Waals surface area contributed by atoms with E-state index in [2.05, 4.69) is 4.74 Å². The molecule has 0 saturated heterocycles. The molecule has 1 N–H and O–H groups in total. The molecule has 6 heteroatoms. The van der Waals surface area contributed by atoms with Crippen LogP contribution in [0, 0.1) is 6.92 Å². The molecule has 0 amide bonds. The summed E-state index contributed by atoms with van der Waals surface area (Å²) in [5.41, 5.74) is 1.49. The normalized spacial score (nSPS) is 13.4. The molecule has 108 valence electrons. The van der Waals surface area contributed by atoms with Crippen molar-refractivity contribution >= 4 is 0 Å². The molecule has 1 rings (SSSR count). The highest BCUT2D eigenvalue weighted by Crippen LogP contribution is 2.28. The third-order valence-corrected chi connectivity index (χ3v) is 2.55. The lowest BCUT2D eigenvalue weighted by molar-refractivity contribution is -0.175. The summed E-state index contributed by atoms with van der Waals surface area (Å²) in [6.07, 6.45) is -5.18. The lowest BCUT2D eigenvalue weighted by Gasteiger charge is -2.16. The molecule has 3 nitrogen and oxygen atoms in total. The van der Waals surface area contributed by atoms with Gasteiger partial charge < -0.3 is 14.6 Å². The first-order chi connectivity index (χ1) is 8.83. The zero-order valence-electron chi connectivity index (χ0n) is 10.8. The summed E-state index contributed by atoms with van der Waals surface area (Å²) in [7, 11) is 1.47. The van der Waals surface area contributed by atoms with Crippen molar-refractivity contribution < 1.29 is 27.8 Å². The summed E-state index contributed by atoms with van der Waals surface area (Å²) < 4.78 is 45.2. The molecule has 1 unspecified atom stereocenters. The predicted molar refractivity (Wildman–Crippen MR) is 64.2 cm³/mol. The van der Waals surface area contributed by atoms with Crippen molar-refractivity contribution in [3.63, 3.8) is 0 Å². The van der Waals surface area contributed by atoms with Gasteiger partial charge in [-0.2, -0.15) is 13.2 Å². The van der Waals surface area contributed by atoms with E-state index in [0.29, 0.717) is 11.3 Å². The third kappa shape index (κ3) is 5.48. The van der Waals surface area contributed by atoms with Crippen LogP contribution in [0.1, 0.15) is 23.7 Å². The SMILES string of the molecule is COc1ccc(C)cc1C(O)CCOCC(F)(F)F. The quantitative estimate of drug-likeness (QED) is 0.813. The Labute approximate surface area is 110 Å². The van der Waals surface area contributed by atoms with Crippen molar-refractivity contribution in [1.82, 2.24) is 0 Å². The molecule has 0 radical (unpaired) electrons. The van der Waals surface area contributed by atoms with Crippen LogP contribution in [-0.4, -0.2) is 31.6 Å². The maximum atomic E-state index is 11.9. The fourth-order valence-electron chi connectivity index (χ4n) is 1.65. The number of aliphatic hydroxyl groups is 1. The number of ether oxygens (including phenoxy) is 2. The standard InChI is InChI=1S/C13H17F3O3/c1-9-3-4-12(18-2)10(7-9)11(17)5-6-19-8-13(14,15)16/h3-4,7,11,17H,5-6,8H2,1-2H3. The third-order valence-electron chi connectivity index (χ3n) is 2.55. The molecular formula is C13H17F3O3. The highest BCUT2D eigenvalue weighted by atomic mass is 19.4. The number of benzene rings is 1. The predicted octanol–water partition coefficient (Wildman–Crippen LogP) is 3.01. The van der Waals surface area contributed by atoms with E-state index in [1.807, 2.05) is 13.0 Å². The van der Waals surface area contributed by atoms with Gasteiger partial charge in [-0.15, -0.1) is 0 Å². The van der Waals surface area contributed by atoms with Gasteiger partial charge in [-0.1, -0.05) is 11.6 Å². The van der Waals surface area contributed by atoms with Crippen molar-refractivity contribution in [3.05, 3.63) is 29.3 Å². The molecule has 0 aromatic heterocycles. The monoisotopic (exact) mass is 278 g/mol. The molecule has 1 aromatic carbocycles. The van der Waals surface area contributed by atoms with Crippen LogP contribution in [0.15, 0.2) is 18.2 Å². The summed E-state index contributed by atoms with van der Waals surface area (Å²) in [5.74, 6) is 0.508. The summed E-state index contributed by atoms with van der Waals surface area (Å²) in [5, 5.41) is 9.95. The fraction of sp³-hybridized carbons (Fsp3) is 0.538. The fourth-order valence-corrected chi connectivity index (χ4v) is 1.65. The Morgan fingerprint density at radius 3 is 2.58 bits per heavy atom. The van der Waals surface area contributed by atoms with Crippen LogP contribution in [0.25, 0.3) is 0 Å². The largest absolute Gasteiger partial charge is 0.496 e. The highest BCUT2D eigenvalue weighted by Gasteiger charge is 2.27. The molecule has 1 aromatic rings. The summed E-state index contributed by atoms with van der Waals surface area (Å²) in [4.78, 5) is 0. The van der Waals surface area contributed by atoms with Crippen LogP contribution < -0.4 is 4.74 Å². The molecule has 0 saturated carbocycles. The van der Waals surface area contributed by atoms with Gasteiger partial charge >= 0.3 is 6.18 Å². The van der Waals surface area contributed by atoms with Crippen LogP contribution in [-0.2, 0) is 4.74 Å². The van der Waals surface area contributed by atoms with Crippen LogP contribution in [0.3, 0.4) is 0 Å². The molecule has 0 aliphatic rings. The molecule has 19 heavy (non-hydrogen) atoms. The van der Waals surface area contributed by atoms with Crippen molar-refractivity contribution in [3.8, 4) is 5.75 Å². The lowest BCUT2D eigenvalue weighted by atomic mass is 10.0. The number of rotatable bonds is 6. The van der Waals surface area contributed by atoms with Crippen molar-refractivity contribution in [2.75, 3.05) is 20.3 Å². The number of hydrogen-bond acceptors (Lipinski definition) is 3. The van der Waals surface area contributed by atoms with Crippen molar-refractivity contribution in [2.24, 2.45) is 0 Å². The Morgan fingerprint density at radius 2 is 2.00 bits per heavy atom. The lowest BCUT2D eigenvalue weighted by Crippen LogP contribution is -2.18.